The molecule has 0 amide bonds. The molecule has 0 unspecified atom stereocenters. The van der Waals surface area contributed by atoms with Crippen LogP contribution in [-0.4, -0.2) is 50.3 Å². The molecule has 0 aromatic rings. The normalized spacial score (nSPS) is 12.0. The van der Waals surface area contributed by atoms with E-state index >= 15 is 0 Å². The van der Waals surface area contributed by atoms with Gasteiger partial charge in [0.1, 0.15) is 16.5 Å². The summed E-state index contributed by atoms with van der Waals surface area (Å²) >= 11 is 0. The first-order chi connectivity index (χ1) is 5.19. The van der Waals surface area contributed by atoms with Crippen LogP contribution in [-0.2, 0) is 0 Å². The summed E-state index contributed by atoms with van der Waals surface area (Å²) in [7, 11) is -2.18. The fourth-order valence-corrected chi connectivity index (χ4v) is 11.5. The molecular weight excluding hydrogens is 282 g/mol. The van der Waals surface area contributed by atoms with Gasteiger partial charge < -0.3 is 28.1 Å². The summed E-state index contributed by atoms with van der Waals surface area (Å²) in [5.74, 6) is 0. The van der Waals surface area contributed by atoms with Crippen LogP contribution in [0.25, 0.3) is 0 Å². The second-order valence-electron chi connectivity index (χ2n) is 5.35. The summed E-state index contributed by atoms with van der Waals surface area (Å²) in [6, 6.07) is 0. The Morgan fingerprint density at radius 1 is 0.929 bits per heavy atom. The summed E-state index contributed by atoms with van der Waals surface area (Å²) in [4.78, 5) is 0. The third kappa shape index (κ3) is 7.87. The van der Waals surface area contributed by atoms with Gasteiger partial charge in [0, 0.05) is 0 Å². The molecule has 0 bridgehead atoms. The molecule has 0 atom stereocenters. The van der Waals surface area contributed by atoms with E-state index in [1.54, 1.807) is 0 Å². The molecule has 0 heterocycles. The molecule has 5 heteroatoms. The molecule has 0 N–H and O–H groups in total. The number of nitrogens with zero attached hydrogens (tertiary/aromatic N) is 1. The first-order valence-corrected chi connectivity index (χ1v) is 11.7. The van der Waals surface area contributed by atoms with Crippen molar-refractivity contribution < 1.29 is 17.0 Å². The van der Waals surface area contributed by atoms with Gasteiger partial charge in [0.2, 0.25) is 0 Å². The van der Waals surface area contributed by atoms with Crippen molar-refractivity contribution >= 4 is 39.5 Å². The molecule has 0 aliphatic carbocycles. The minimum Gasteiger partial charge on any atom is -1.00 e. The zero-order valence-electron chi connectivity index (χ0n) is 10.7. The maximum absolute atomic E-state index is 3.96. The predicted octanol–water partition coefficient (Wildman–Crippen LogP) is -0.194. The number of hydrogen-bond acceptors (Lipinski definition) is 1. The average Bonchev–Trinajstić information content (AvgIpc) is 1.77. The second-order valence-corrected chi connectivity index (χ2v) is 15.6. The van der Waals surface area contributed by atoms with Gasteiger partial charge in [0.25, 0.3) is 0 Å². The molecule has 0 fully saturated rings. The largest absolute Gasteiger partial charge is 2.00 e. The van der Waals surface area contributed by atoms with E-state index in [-0.39, 0.29) is 40.0 Å². The van der Waals surface area contributed by atoms with Gasteiger partial charge >= 0.3 is 23.1 Å². The third-order valence-corrected chi connectivity index (χ3v) is 9.71. The van der Waals surface area contributed by atoms with Crippen molar-refractivity contribution in [1.82, 2.24) is 4.23 Å². The summed E-state index contributed by atoms with van der Waals surface area (Å²) in [5.41, 5.74) is 0. The molecule has 0 rings (SSSR count). The van der Waals surface area contributed by atoms with E-state index in [0.29, 0.717) is 0 Å². The van der Waals surface area contributed by atoms with E-state index in [0.717, 1.165) is 6.42 Å². The van der Waals surface area contributed by atoms with Gasteiger partial charge in [-0.15, -0.1) is 0 Å². The zero-order chi connectivity index (χ0) is 9.99. The Labute approximate surface area is 119 Å². The van der Waals surface area contributed by atoms with E-state index < -0.39 is 16.5 Å². The van der Waals surface area contributed by atoms with E-state index in [1.807, 2.05) is 0 Å². The molecule has 82 valence electrons. The summed E-state index contributed by atoms with van der Waals surface area (Å²) in [6.45, 7) is 19.7. The van der Waals surface area contributed by atoms with Gasteiger partial charge in [-0.3, -0.25) is 0 Å². The minimum atomic E-state index is -1.09. The van der Waals surface area contributed by atoms with Gasteiger partial charge in [-0.2, -0.15) is 6.42 Å². The molecule has 0 spiro atoms. The van der Waals surface area contributed by atoms with E-state index in [2.05, 4.69) is 50.4 Å². The van der Waals surface area contributed by atoms with Crippen molar-refractivity contribution in [1.29, 1.82) is 0 Å². The predicted molar refractivity (Wildman–Crippen MR) is 69.1 cm³/mol. The fraction of sp³-hybridized carbons (Fsp3) is 0.889. The summed E-state index contributed by atoms with van der Waals surface area (Å²) < 4.78 is 2.77. The van der Waals surface area contributed by atoms with Crippen LogP contribution in [0.5, 0.6) is 0 Å². The third-order valence-electron chi connectivity index (χ3n) is 2.00. The first kappa shape index (κ1) is 21.0. The molecule has 0 radical (unpaired) electrons. The van der Waals surface area contributed by atoms with Crippen LogP contribution < -0.4 is 17.0 Å². The Kier molecular flexibility index (Phi) is 11.7. The second kappa shape index (κ2) is 7.84. The van der Waals surface area contributed by atoms with Crippen molar-refractivity contribution in [2.24, 2.45) is 0 Å². The Balaban J connectivity index is -0.000000605. The smallest absolute Gasteiger partial charge is 1.00 e. The molecule has 14 heavy (non-hydrogen) atoms. The monoisotopic (exact) mass is 305 g/mol. The number of rotatable bonds is 4. The standard InChI is InChI=1S/C9H24NSi2.BrH.Mg/c1-8-9-10(11(2,3)4)12(5,6)7;;/h1,8-9H2,2-7H3;1H;/q-1;;+2/p-1. The van der Waals surface area contributed by atoms with Crippen LogP contribution in [0.2, 0.25) is 39.3 Å². The van der Waals surface area contributed by atoms with Crippen molar-refractivity contribution in [3.63, 3.8) is 0 Å². The van der Waals surface area contributed by atoms with Crippen LogP contribution in [0.1, 0.15) is 6.42 Å². The molecule has 0 saturated carbocycles. The summed E-state index contributed by atoms with van der Waals surface area (Å²) in [6.07, 6.45) is 1.05. The zero-order valence-corrected chi connectivity index (χ0v) is 15.7. The topological polar surface area (TPSA) is 3.24 Å². The maximum Gasteiger partial charge on any atom is 2.00 e. The maximum atomic E-state index is 3.96. The van der Waals surface area contributed by atoms with Crippen LogP contribution in [0.15, 0.2) is 0 Å². The molecule has 0 aromatic carbocycles. The Morgan fingerprint density at radius 3 is 1.29 bits per heavy atom. The van der Waals surface area contributed by atoms with Gasteiger partial charge in [0.05, 0.1) is 0 Å². The first-order valence-electron chi connectivity index (χ1n) is 4.76. The molecule has 0 aliphatic heterocycles. The van der Waals surface area contributed by atoms with Gasteiger partial charge in [0.15, 0.2) is 0 Å². The van der Waals surface area contributed by atoms with Crippen LogP contribution in [0.3, 0.4) is 0 Å². The summed E-state index contributed by atoms with van der Waals surface area (Å²) in [5, 5.41) is 0. The van der Waals surface area contributed by atoms with Crippen molar-refractivity contribution in [3.05, 3.63) is 6.92 Å². The Morgan fingerprint density at radius 2 is 1.21 bits per heavy atom. The molecule has 0 saturated heterocycles. The Hall–Kier alpha value is 1.64. The molecule has 1 nitrogen and oxygen atoms in total. The minimum absolute atomic E-state index is 0. The molecule has 0 aromatic heterocycles. The van der Waals surface area contributed by atoms with E-state index in [9.17, 15) is 0 Å². The van der Waals surface area contributed by atoms with Gasteiger partial charge in [-0.05, 0) is 6.54 Å². The quantitative estimate of drug-likeness (QED) is 0.514. The SMILES string of the molecule is [Br-].[CH2-]CCN([Si](C)(C)C)[Si](C)(C)C.[Mg+2]. The Bertz CT molecular complexity index is 129. The molecule has 0 aliphatic rings. The fourth-order valence-electron chi connectivity index (χ4n) is 1.84. The van der Waals surface area contributed by atoms with Crippen LogP contribution in [0, 0.1) is 6.92 Å². The number of hydrogen-bond donors (Lipinski definition) is 0. The van der Waals surface area contributed by atoms with E-state index in [1.165, 1.54) is 6.54 Å². The van der Waals surface area contributed by atoms with Crippen LogP contribution in [0.4, 0.5) is 0 Å². The van der Waals surface area contributed by atoms with Gasteiger partial charge in [-0.25, -0.2) is 0 Å². The van der Waals surface area contributed by atoms with E-state index in [4.69, 9.17) is 0 Å². The van der Waals surface area contributed by atoms with Crippen LogP contribution >= 0.6 is 0 Å². The number of halogens is 1. The van der Waals surface area contributed by atoms with Crippen molar-refractivity contribution in [3.8, 4) is 0 Å². The van der Waals surface area contributed by atoms with Crippen molar-refractivity contribution in [2.45, 2.75) is 45.7 Å². The van der Waals surface area contributed by atoms with Crippen molar-refractivity contribution in [2.75, 3.05) is 6.54 Å². The van der Waals surface area contributed by atoms with Gasteiger partial charge in [-0.1, -0.05) is 39.3 Å². The average molecular weight is 307 g/mol. The molecular formula is C9H24BrMgNSi2.